The Bertz CT molecular complexity index is 609. The van der Waals surface area contributed by atoms with Crippen molar-refractivity contribution in [2.45, 2.75) is 39.5 Å². The van der Waals surface area contributed by atoms with Crippen LogP contribution in [0.25, 0.3) is 0 Å². The minimum Gasteiger partial charge on any atom is -0.452 e. The molecule has 1 aromatic rings. The summed E-state index contributed by atoms with van der Waals surface area (Å²) in [5.41, 5.74) is 2.52. The molecule has 132 valence electrons. The van der Waals surface area contributed by atoms with E-state index in [1.165, 1.54) is 7.05 Å². The van der Waals surface area contributed by atoms with Crippen molar-refractivity contribution in [2.24, 2.45) is 0 Å². The molecule has 6 heteroatoms. The number of hydrogen-bond donors (Lipinski definition) is 2. The van der Waals surface area contributed by atoms with Gasteiger partial charge in [0.05, 0.1) is 12.1 Å². The average molecular weight is 334 g/mol. The highest BCUT2D eigenvalue weighted by Gasteiger charge is 2.18. The molecule has 0 aliphatic carbocycles. The number of amides is 2. The highest BCUT2D eigenvalue weighted by molar-refractivity contribution is 5.93. The van der Waals surface area contributed by atoms with Gasteiger partial charge in [-0.15, -0.1) is 0 Å². The zero-order valence-corrected chi connectivity index (χ0v) is 14.9. The van der Waals surface area contributed by atoms with Gasteiger partial charge >= 0.3 is 5.97 Å². The molecule has 2 N–H and O–H groups in total. The van der Waals surface area contributed by atoms with Crippen LogP contribution in [0.4, 0.5) is 0 Å². The average Bonchev–Trinajstić information content (AvgIpc) is 2.56. The van der Waals surface area contributed by atoms with E-state index in [0.29, 0.717) is 11.5 Å². The molecule has 1 aromatic carbocycles. The molecule has 0 unspecified atom stereocenters. The number of rotatable bonds is 7. The molecule has 6 nitrogen and oxygen atoms in total. The summed E-state index contributed by atoms with van der Waals surface area (Å²) in [5, 5.41) is 4.76. The number of carbonyl (C=O) groups excluding carboxylic acids is 3. The first-order valence-electron chi connectivity index (χ1n) is 8.04. The fraction of sp³-hybridized carbons (Fsp3) is 0.500. The third-order valence-corrected chi connectivity index (χ3v) is 3.64. The van der Waals surface area contributed by atoms with Crippen molar-refractivity contribution in [3.05, 3.63) is 34.9 Å². The predicted molar refractivity (Wildman–Crippen MR) is 92.0 cm³/mol. The maximum Gasteiger partial charge on any atom is 0.338 e. The second kappa shape index (κ2) is 9.05. The van der Waals surface area contributed by atoms with Gasteiger partial charge in [-0.2, -0.15) is 0 Å². The fourth-order valence-electron chi connectivity index (χ4n) is 2.13. The SMILES string of the molecule is CNC(=O)CNC(=O)COC(=O)c1ccc(C(C)C)cc1C(C)C. The Balaban J connectivity index is 2.74. The van der Waals surface area contributed by atoms with E-state index in [-0.39, 0.29) is 18.4 Å². The number of ether oxygens (including phenoxy) is 1. The maximum atomic E-state index is 12.3. The van der Waals surface area contributed by atoms with Crippen LogP contribution in [-0.4, -0.2) is 38.0 Å². The lowest BCUT2D eigenvalue weighted by molar-refractivity contribution is -0.127. The molecule has 0 fully saturated rings. The summed E-state index contributed by atoms with van der Waals surface area (Å²) in [6.07, 6.45) is 0. The Morgan fingerprint density at radius 2 is 1.71 bits per heavy atom. The van der Waals surface area contributed by atoms with Gasteiger partial charge < -0.3 is 15.4 Å². The van der Waals surface area contributed by atoms with E-state index < -0.39 is 18.5 Å². The molecule has 0 spiro atoms. The number of benzene rings is 1. The fourth-order valence-corrected chi connectivity index (χ4v) is 2.13. The smallest absolute Gasteiger partial charge is 0.338 e. The molecule has 0 radical (unpaired) electrons. The first kappa shape index (κ1) is 19.7. The first-order chi connectivity index (χ1) is 11.3. The molecule has 0 heterocycles. The second-order valence-corrected chi connectivity index (χ2v) is 6.18. The summed E-state index contributed by atoms with van der Waals surface area (Å²) in [6.45, 7) is 7.63. The van der Waals surface area contributed by atoms with Gasteiger partial charge in [0.1, 0.15) is 0 Å². The van der Waals surface area contributed by atoms with Gasteiger partial charge in [0.25, 0.3) is 5.91 Å². The van der Waals surface area contributed by atoms with Crippen LogP contribution >= 0.6 is 0 Å². The highest BCUT2D eigenvalue weighted by Crippen LogP contribution is 2.25. The number of esters is 1. The minimum atomic E-state index is -0.538. The van der Waals surface area contributed by atoms with Gasteiger partial charge in [0.15, 0.2) is 6.61 Å². The van der Waals surface area contributed by atoms with Crippen LogP contribution in [0, 0.1) is 0 Å². The van der Waals surface area contributed by atoms with Crippen LogP contribution in [-0.2, 0) is 14.3 Å². The molecule has 0 aliphatic rings. The van der Waals surface area contributed by atoms with Crippen molar-refractivity contribution >= 4 is 17.8 Å². The molecule has 0 saturated carbocycles. The molecule has 0 aromatic heterocycles. The molecule has 0 bridgehead atoms. The molecule has 2 amide bonds. The van der Waals surface area contributed by atoms with Crippen LogP contribution in [0.2, 0.25) is 0 Å². The van der Waals surface area contributed by atoms with Crippen LogP contribution in [0.5, 0.6) is 0 Å². The first-order valence-corrected chi connectivity index (χ1v) is 8.04. The van der Waals surface area contributed by atoms with Crippen LogP contribution in [0.15, 0.2) is 18.2 Å². The topological polar surface area (TPSA) is 84.5 Å². The molecular formula is C18H26N2O4. The standard InChI is InChI=1S/C18H26N2O4/c1-11(2)13-6-7-14(15(8-13)12(3)4)18(23)24-10-17(22)20-9-16(21)19-5/h6-8,11-12H,9-10H2,1-5H3,(H,19,21)(H,20,22). The van der Waals surface area contributed by atoms with E-state index in [1.807, 2.05) is 26.0 Å². The Morgan fingerprint density at radius 1 is 1.04 bits per heavy atom. The summed E-state index contributed by atoms with van der Waals surface area (Å²) < 4.78 is 5.06. The van der Waals surface area contributed by atoms with Crippen molar-refractivity contribution in [1.29, 1.82) is 0 Å². The molecular weight excluding hydrogens is 308 g/mol. The summed E-state index contributed by atoms with van der Waals surface area (Å²) in [7, 11) is 1.47. The maximum absolute atomic E-state index is 12.3. The summed E-state index contributed by atoms with van der Waals surface area (Å²) >= 11 is 0. The third kappa shape index (κ3) is 5.68. The number of likely N-dealkylation sites (N-methyl/N-ethyl adjacent to an activating group) is 1. The van der Waals surface area contributed by atoms with Crippen molar-refractivity contribution in [3.63, 3.8) is 0 Å². The van der Waals surface area contributed by atoms with E-state index in [4.69, 9.17) is 4.74 Å². The van der Waals surface area contributed by atoms with Gasteiger partial charge in [-0.25, -0.2) is 4.79 Å². The van der Waals surface area contributed by atoms with E-state index in [2.05, 4.69) is 24.5 Å². The Kier molecular flexibility index (Phi) is 7.42. The number of nitrogens with one attached hydrogen (secondary N) is 2. The van der Waals surface area contributed by atoms with Crippen LogP contribution in [0.1, 0.15) is 61.0 Å². The normalized spacial score (nSPS) is 10.6. The van der Waals surface area contributed by atoms with E-state index in [0.717, 1.165) is 11.1 Å². The predicted octanol–water partition coefficient (Wildman–Crippen LogP) is 1.95. The van der Waals surface area contributed by atoms with Gasteiger partial charge in [0.2, 0.25) is 5.91 Å². The largest absolute Gasteiger partial charge is 0.452 e. The van der Waals surface area contributed by atoms with Crippen molar-refractivity contribution < 1.29 is 19.1 Å². The molecule has 1 rings (SSSR count). The van der Waals surface area contributed by atoms with E-state index in [1.54, 1.807) is 6.07 Å². The monoisotopic (exact) mass is 334 g/mol. The number of carbonyl (C=O) groups is 3. The van der Waals surface area contributed by atoms with Gasteiger partial charge in [-0.05, 0) is 29.0 Å². The molecule has 0 atom stereocenters. The van der Waals surface area contributed by atoms with Crippen molar-refractivity contribution in [2.75, 3.05) is 20.2 Å². The number of hydrogen-bond acceptors (Lipinski definition) is 4. The molecule has 0 aliphatic heterocycles. The summed E-state index contributed by atoms with van der Waals surface area (Å²) in [4.78, 5) is 34.9. The Labute approximate surface area is 143 Å². The zero-order valence-electron chi connectivity index (χ0n) is 14.9. The van der Waals surface area contributed by atoms with Crippen molar-refractivity contribution in [3.8, 4) is 0 Å². The van der Waals surface area contributed by atoms with Crippen LogP contribution < -0.4 is 10.6 Å². The van der Waals surface area contributed by atoms with Crippen molar-refractivity contribution in [1.82, 2.24) is 10.6 Å². The Morgan fingerprint density at radius 3 is 2.25 bits per heavy atom. The lowest BCUT2D eigenvalue weighted by Crippen LogP contribution is -2.37. The summed E-state index contributed by atoms with van der Waals surface area (Å²) in [5.74, 6) is -0.849. The lowest BCUT2D eigenvalue weighted by atomic mass is 9.91. The third-order valence-electron chi connectivity index (χ3n) is 3.64. The molecule has 24 heavy (non-hydrogen) atoms. The van der Waals surface area contributed by atoms with Gasteiger partial charge in [0, 0.05) is 7.05 Å². The zero-order chi connectivity index (χ0) is 18.3. The van der Waals surface area contributed by atoms with Gasteiger partial charge in [-0.1, -0.05) is 39.8 Å². The highest BCUT2D eigenvalue weighted by atomic mass is 16.5. The van der Waals surface area contributed by atoms with E-state index in [9.17, 15) is 14.4 Å². The minimum absolute atomic E-state index is 0.146. The molecule has 0 saturated heterocycles. The quantitative estimate of drug-likeness (QED) is 0.747. The van der Waals surface area contributed by atoms with Crippen LogP contribution in [0.3, 0.4) is 0 Å². The lowest BCUT2D eigenvalue weighted by Gasteiger charge is -2.15. The second-order valence-electron chi connectivity index (χ2n) is 6.18. The van der Waals surface area contributed by atoms with Gasteiger partial charge in [-0.3, -0.25) is 9.59 Å². The van der Waals surface area contributed by atoms with E-state index >= 15 is 0 Å². The summed E-state index contributed by atoms with van der Waals surface area (Å²) in [6, 6.07) is 5.66. The Hall–Kier alpha value is -2.37.